The van der Waals surface area contributed by atoms with Crippen molar-refractivity contribution in [2.45, 2.75) is 59.4 Å². The molecule has 1 fully saturated rings. The van der Waals surface area contributed by atoms with Crippen LogP contribution in [-0.4, -0.2) is 21.3 Å². The Morgan fingerprint density at radius 2 is 2.11 bits per heavy atom. The molecule has 0 aromatic carbocycles. The van der Waals surface area contributed by atoms with E-state index >= 15 is 0 Å². The summed E-state index contributed by atoms with van der Waals surface area (Å²) < 4.78 is 2.01. The van der Waals surface area contributed by atoms with Crippen molar-refractivity contribution in [3.05, 3.63) is 12.2 Å². The molecule has 1 aromatic rings. The van der Waals surface area contributed by atoms with E-state index in [4.69, 9.17) is 5.73 Å². The van der Waals surface area contributed by atoms with Gasteiger partial charge in [0.25, 0.3) is 0 Å². The molecule has 1 heterocycles. The molecule has 4 heteroatoms. The highest BCUT2D eigenvalue weighted by Crippen LogP contribution is 2.42. The van der Waals surface area contributed by atoms with Crippen LogP contribution in [0.15, 0.2) is 6.33 Å². The third-order valence-electron chi connectivity index (χ3n) is 5.00. The molecule has 1 aliphatic carbocycles. The molecule has 0 radical (unpaired) electrons. The maximum Gasteiger partial charge on any atom is 0.138 e. The smallest absolute Gasteiger partial charge is 0.138 e. The normalized spacial score (nSPS) is 27.9. The molecule has 0 saturated heterocycles. The zero-order valence-electron chi connectivity index (χ0n) is 12.6. The van der Waals surface area contributed by atoms with Crippen molar-refractivity contribution >= 4 is 0 Å². The van der Waals surface area contributed by atoms with Gasteiger partial charge in [0.1, 0.15) is 12.2 Å². The van der Waals surface area contributed by atoms with E-state index in [0.29, 0.717) is 0 Å². The van der Waals surface area contributed by atoms with Gasteiger partial charge in [-0.1, -0.05) is 13.8 Å². The van der Waals surface area contributed by atoms with E-state index in [9.17, 15) is 0 Å². The largest absolute Gasteiger partial charge is 0.330 e. The third kappa shape index (κ3) is 3.16. The summed E-state index contributed by atoms with van der Waals surface area (Å²) in [6, 6.07) is 0. The van der Waals surface area contributed by atoms with Crippen molar-refractivity contribution in [3.8, 4) is 0 Å². The topological polar surface area (TPSA) is 56.7 Å². The van der Waals surface area contributed by atoms with Gasteiger partial charge in [-0.15, -0.1) is 0 Å². The van der Waals surface area contributed by atoms with E-state index in [1.165, 1.54) is 25.7 Å². The Morgan fingerprint density at radius 1 is 1.42 bits per heavy atom. The summed E-state index contributed by atoms with van der Waals surface area (Å²) in [5, 5.41) is 4.27. The van der Waals surface area contributed by atoms with Crippen LogP contribution in [0.5, 0.6) is 0 Å². The molecule has 108 valence electrons. The van der Waals surface area contributed by atoms with Crippen LogP contribution in [-0.2, 0) is 13.0 Å². The average molecular weight is 264 g/mol. The summed E-state index contributed by atoms with van der Waals surface area (Å²) in [6.07, 6.45) is 7.76. The molecular formula is C15H28N4. The summed E-state index contributed by atoms with van der Waals surface area (Å²) in [6.45, 7) is 8.46. The number of hydrogen-bond acceptors (Lipinski definition) is 3. The maximum absolute atomic E-state index is 6.11. The highest BCUT2D eigenvalue weighted by Gasteiger charge is 2.36. The molecule has 0 aliphatic heterocycles. The second-order valence-electron chi connectivity index (χ2n) is 6.45. The molecule has 0 amide bonds. The van der Waals surface area contributed by atoms with Gasteiger partial charge >= 0.3 is 0 Å². The Balaban J connectivity index is 2.04. The van der Waals surface area contributed by atoms with Gasteiger partial charge in [-0.2, -0.15) is 5.10 Å². The van der Waals surface area contributed by atoms with Gasteiger partial charge in [0.2, 0.25) is 0 Å². The lowest BCUT2D eigenvalue weighted by Gasteiger charge is -2.40. The lowest BCUT2D eigenvalue weighted by molar-refractivity contribution is 0.129. The van der Waals surface area contributed by atoms with E-state index in [-0.39, 0.29) is 5.41 Å². The van der Waals surface area contributed by atoms with Crippen LogP contribution in [0, 0.1) is 17.3 Å². The zero-order chi connectivity index (χ0) is 13.9. The highest BCUT2D eigenvalue weighted by atomic mass is 15.3. The van der Waals surface area contributed by atoms with E-state index in [1.807, 2.05) is 4.68 Å². The molecule has 1 aliphatic rings. The van der Waals surface area contributed by atoms with Crippen LogP contribution in [0.25, 0.3) is 0 Å². The van der Waals surface area contributed by atoms with Gasteiger partial charge in [-0.25, -0.2) is 4.98 Å². The molecule has 1 saturated carbocycles. The Hall–Kier alpha value is -0.900. The van der Waals surface area contributed by atoms with Crippen molar-refractivity contribution in [2.24, 2.45) is 23.0 Å². The summed E-state index contributed by atoms with van der Waals surface area (Å²) in [4.78, 5) is 4.42. The van der Waals surface area contributed by atoms with Gasteiger partial charge < -0.3 is 5.73 Å². The monoisotopic (exact) mass is 264 g/mol. The van der Waals surface area contributed by atoms with E-state index in [1.54, 1.807) is 6.33 Å². The van der Waals surface area contributed by atoms with Gasteiger partial charge in [0, 0.05) is 13.0 Å². The van der Waals surface area contributed by atoms with Crippen LogP contribution in [0.1, 0.15) is 52.3 Å². The van der Waals surface area contributed by atoms with Crippen LogP contribution >= 0.6 is 0 Å². The second-order valence-corrected chi connectivity index (χ2v) is 6.45. The van der Waals surface area contributed by atoms with Crippen LogP contribution in [0.3, 0.4) is 0 Å². The van der Waals surface area contributed by atoms with E-state index in [2.05, 4.69) is 30.9 Å². The zero-order valence-corrected chi connectivity index (χ0v) is 12.6. The molecule has 0 atom stereocenters. The summed E-state index contributed by atoms with van der Waals surface area (Å²) in [5.41, 5.74) is 6.37. The molecular weight excluding hydrogens is 236 g/mol. The average Bonchev–Trinajstić information content (AvgIpc) is 2.86. The minimum Gasteiger partial charge on any atom is -0.330 e. The SMILES string of the molecule is CCn1ncnc1CC1(CN)CCC(C(C)C)CC1. The fraction of sp³-hybridized carbons (Fsp3) is 0.867. The lowest BCUT2D eigenvalue weighted by Crippen LogP contribution is -2.38. The molecule has 2 rings (SSSR count). The number of nitrogens with zero attached hydrogens (tertiary/aromatic N) is 3. The molecule has 1 aromatic heterocycles. The summed E-state index contributed by atoms with van der Waals surface area (Å²) >= 11 is 0. The van der Waals surface area contributed by atoms with Crippen molar-refractivity contribution in [3.63, 3.8) is 0 Å². The molecule has 0 spiro atoms. The molecule has 19 heavy (non-hydrogen) atoms. The minimum atomic E-state index is 0.255. The first-order valence-corrected chi connectivity index (χ1v) is 7.67. The predicted octanol–water partition coefficient (Wildman–Crippen LogP) is 2.63. The first-order chi connectivity index (χ1) is 9.10. The molecule has 2 N–H and O–H groups in total. The molecule has 4 nitrogen and oxygen atoms in total. The van der Waals surface area contributed by atoms with Crippen molar-refractivity contribution in [1.29, 1.82) is 0 Å². The quantitative estimate of drug-likeness (QED) is 0.889. The molecule has 0 unspecified atom stereocenters. The molecule has 0 bridgehead atoms. The number of hydrogen-bond donors (Lipinski definition) is 1. The summed E-state index contributed by atoms with van der Waals surface area (Å²) in [5.74, 6) is 2.79. The van der Waals surface area contributed by atoms with Crippen LogP contribution in [0.4, 0.5) is 0 Å². The van der Waals surface area contributed by atoms with Crippen molar-refractivity contribution < 1.29 is 0 Å². The Bertz CT molecular complexity index is 389. The number of aryl methyl sites for hydroxylation is 1. The Labute approximate surface area is 116 Å². The minimum absolute atomic E-state index is 0.255. The summed E-state index contributed by atoms with van der Waals surface area (Å²) in [7, 11) is 0. The number of nitrogens with two attached hydrogens (primary N) is 1. The van der Waals surface area contributed by atoms with Gasteiger partial charge in [0.05, 0.1) is 0 Å². The standard InChI is InChI=1S/C15H28N4/c1-4-19-14(17-11-18-19)9-15(10-16)7-5-13(6-8-15)12(2)3/h11-13H,4-10,16H2,1-3H3. The second kappa shape index (κ2) is 6.04. The van der Waals surface area contributed by atoms with Crippen molar-refractivity contribution in [2.75, 3.05) is 6.54 Å². The van der Waals surface area contributed by atoms with Crippen molar-refractivity contribution in [1.82, 2.24) is 14.8 Å². The fourth-order valence-electron chi connectivity index (χ4n) is 3.40. The lowest BCUT2D eigenvalue weighted by atomic mass is 9.66. The Kier molecular flexibility index (Phi) is 4.61. The van der Waals surface area contributed by atoms with E-state index in [0.717, 1.165) is 37.2 Å². The fourth-order valence-corrected chi connectivity index (χ4v) is 3.40. The van der Waals surface area contributed by atoms with Crippen LogP contribution < -0.4 is 5.73 Å². The number of rotatable bonds is 5. The van der Waals surface area contributed by atoms with E-state index < -0.39 is 0 Å². The van der Waals surface area contributed by atoms with Crippen LogP contribution in [0.2, 0.25) is 0 Å². The third-order valence-corrected chi connectivity index (χ3v) is 5.00. The van der Waals surface area contributed by atoms with Gasteiger partial charge in [-0.05, 0) is 56.4 Å². The van der Waals surface area contributed by atoms with Gasteiger partial charge in [-0.3, -0.25) is 4.68 Å². The first kappa shape index (κ1) is 14.5. The predicted molar refractivity (Wildman–Crippen MR) is 77.7 cm³/mol. The first-order valence-electron chi connectivity index (χ1n) is 7.67. The Morgan fingerprint density at radius 3 is 2.63 bits per heavy atom. The highest BCUT2D eigenvalue weighted by molar-refractivity contribution is 4.97. The number of aromatic nitrogens is 3. The maximum atomic E-state index is 6.11. The van der Waals surface area contributed by atoms with Gasteiger partial charge in [0.15, 0.2) is 0 Å².